The molecule has 0 aromatic carbocycles. The lowest BCUT2D eigenvalue weighted by Crippen LogP contribution is -2.77. The summed E-state index contributed by atoms with van der Waals surface area (Å²) in [4.78, 5) is 2.68. The molecule has 7 aliphatic rings. The highest BCUT2D eigenvalue weighted by Gasteiger charge is 2.86. The third-order valence-electron chi connectivity index (χ3n) is 11.7. The highest BCUT2D eigenvalue weighted by molar-refractivity contribution is 5.28. The Balaban J connectivity index is 1.48. The molecule has 6 fully saturated rings. The summed E-state index contributed by atoms with van der Waals surface area (Å²) in [6, 6.07) is 0.0952. The van der Waals surface area contributed by atoms with Crippen LogP contribution in [0.4, 0.5) is 0 Å². The van der Waals surface area contributed by atoms with Crippen LogP contribution in [0.3, 0.4) is 0 Å². The molecule has 0 amide bonds. The van der Waals surface area contributed by atoms with Gasteiger partial charge in [0.2, 0.25) is 0 Å². The summed E-state index contributed by atoms with van der Waals surface area (Å²) >= 11 is 0. The second-order valence-corrected chi connectivity index (χ2v) is 13.4. The fourth-order valence-electron chi connectivity index (χ4n) is 10.7. The maximum absolute atomic E-state index is 15.1. The fraction of sp³-hybridized carbons (Fsp3) is 0.812. The summed E-state index contributed by atoms with van der Waals surface area (Å²) in [7, 11) is 0. The van der Waals surface area contributed by atoms with E-state index in [-0.39, 0.29) is 11.5 Å². The molecular formula is C32H50N2O3. The van der Waals surface area contributed by atoms with Crippen LogP contribution in [0.15, 0.2) is 36.5 Å². The third-order valence-corrected chi connectivity index (χ3v) is 11.7. The van der Waals surface area contributed by atoms with Gasteiger partial charge < -0.3 is 19.8 Å². The van der Waals surface area contributed by atoms with Crippen LogP contribution in [0, 0.1) is 17.3 Å². The SMILES string of the molecule is [O-]C1C23CCCCCCCCCCN4CCC5C(C2)C[N+]12CCC/C=C\C/C=C\C=C\[C@H](O)[C@@H](O)C52[C@H]43. The molecule has 6 aliphatic heterocycles. The van der Waals surface area contributed by atoms with Gasteiger partial charge in [0, 0.05) is 23.5 Å². The van der Waals surface area contributed by atoms with Crippen molar-refractivity contribution in [2.75, 3.05) is 26.2 Å². The van der Waals surface area contributed by atoms with Crippen LogP contribution >= 0.6 is 0 Å². The standard InChI is InChI=1S/C32H50N2O3/c35-27-17-13-9-5-1-4-8-12-16-22-34-24-25-23-31(30(34)37)19-14-10-6-2-3-7-11-15-20-33-21-18-26(25)32(34,28(27)36)29(31)33/h4-5,8-9,13,17,25-30,35-36H,1-3,6-7,10-12,14-16,18-24H2/b8-4-,9-5-,17-13+/t25?,26?,27-,28+,29+,30?,31?,32?,34?/m0/s1. The Kier molecular flexibility index (Phi) is 7.48. The van der Waals surface area contributed by atoms with E-state index in [4.69, 9.17) is 0 Å². The second-order valence-electron chi connectivity index (χ2n) is 13.4. The largest absolute Gasteiger partial charge is 0.806 e. The van der Waals surface area contributed by atoms with E-state index in [1.54, 1.807) is 6.08 Å². The molecule has 37 heavy (non-hydrogen) atoms. The maximum atomic E-state index is 15.1. The number of piperidine rings is 2. The average molecular weight is 511 g/mol. The van der Waals surface area contributed by atoms with Crippen molar-refractivity contribution in [3.63, 3.8) is 0 Å². The Morgan fingerprint density at radius 1 is 0.865 bits per heavy atom. The molecule has 6 heterocycles. The molecule has 5 saturated heterocycles. The molecule has 2 N–H and O–H groups in total. The summed E-state index contributed by atoms with van der Waals surface area (Å²) in [6.45, 7) is 3.87. The van der Waals surface area contributed by atoms with Gasteiger partial charge in [0.25, 0.3) is 0 Å². The Morgan fingerprint density at radius 3 is 2.49 bits per heavy atom. The molecule has 5 heteroatoms. The quantitative estimate of drug-likeness (QED) is 0.381. The minimum atomic E-state index is -0.937. The minimum absolute atomic E-state index is 0.0952. The van der Waals surface area contributed by atoms with Crippen molar-refractivity contribution in [1.82, 2.24) is 4.90 Å². The van der Waals surface area contributed by atoms with Gasteiger partial charge in [-0.15, -0.1) is 0 Å². The van der Waals surface area contributed by atoms with E-state index < -0.39 is 24.0 Å². The van der Waals surface area contributed by atoms with E-state index in [0.717, 1.165) is 71.1 Å². The van der Waals surface area contributed by atoms with Crippen LogP contribution < -0.4 is 5.11 Å². The number of hydrogen-bond acceptors (Lipinski definition) is 4. The third kappa shape index (κ3) is 3.89. The monoisotopic (exact) mass is 510 g/mol. The molecule has 6 bridgehead atoms. The summed E-state index contributed by atoms with van der Waals surface area (Å²) < 4.78 is 0.527. The number of aliphatic hydroxyl groups is 2. The van der Waals surface area contributed by atoms with Gasteiger partial charge in [0.15, 0.2) is 0 Å². The van der Waals surface area contributed by atoms with E-state index in [2.05, 4.69) is 23.1 Å². The van der Waals surface area contributed by atoms with E-state index >= 15 is 5.11 Å². The zero-order valence-electron chi connectivity index (χ0n) is 22.9. The second kappa shape index (κ2) is 10.5. The fourth-order valence-corrected chi connectivity index (χ4v) is 10.7. The van der Waals surface area contributed by atoms with Gasteiger partial charge in [-0.2, -0.15) is 0 Å². The normalized spacial score (nSPS) is 51.6. The Bertz CT molecular complexity index is 902. The molecule has 206 valence electrons. The number of rotatable bonds is 0. The summed E-state index contributed by atoms with van der Waals surface area (Å²) in [5.74, 6) is 0.852. The Hall–Kier alpha value is -0.980. The molecule has 3 spiro atoms. The molecule has 9 atom stereocenters. The van der Waals surface area contributed by atoms with Crippen molar-refractivity contribution in [2.24, 2.45) is 17.3 Å². The first-order valence-corrected chi connectivity index (χ1v) is 15.7. The molecular weight excluding hydrogens is 460 g/mol. The van der Waals surface area contributed by atoms with Crippen LogP contribution in [-0.2, 0) is 0 Å². The number of aliphatic hydroxyl groups excluding tert-OH is 2. The lowest BCUT2D eigenvalue weighted by atomic mass is 9.52. The number of quaternary nitrogens is 1. The molecule has 0 aromatic heterocycles. The topological polar surface area (TPSA) is 66.8 Å². The van der Waals surface area contributed by atoms with Crippen molar-refractivity contribution in [1.29, 1.82) is 0 Å². The van der Waals surface area contributed by atoms with Crippen LogP contribution in [0.25, 0.3) is 0 Å². The molecule has 0 radical (unpaired) electrons. The highest BCUT2D eigenvalue weighted by Crippen LogP contribution is 2.73. The summed E-state index contributed by atoms with van der Waals surface area (Å²) in [6.07, 6.45) is 25.8. The predicted molar refractivity (Wildman–Crippen MR) is 145 cm³/mol. The first-order valence-electron chi connectivity index (χ1n) is 15.7. The summed E-state index contributed by atoms with van der Waals surface area (Å²) in [5, 5.41) is 39.0. The zero-order chi connectivity index (χ0) is 25.5. The molecule has 6 unspecified atom stereocenters. The van der Waals surface area contributed by atoms with Gasteiger partial charge >= 0.3 is 0 Å². The van der Waals surface area contributed by atoms with Crippen LogP contribution in [0.1, 0.15) is 89.9 Å². The molecule has 1 saturated carbocycles. The lowest BCUT2D eigenvalue weighted by molar-refractivity contribution is -1.04. The predicted octanol–water partition coefficient (Wildman–Crippen LogP) is 4.05. The lowest BCUT2D eigenvalue weighted by Gasteiger charge is -2.59. The van der Waals surface area contributed by atoms with Gasteiger partial charge in [-0.05, 0) is 58.0 Å². The first-order chi connectivity index (χ1) is 18.1. The average Bonchev–Trinajstić information content (AvgIpc) is 3.19. The van der Waals surface area contributed by atoms with Gasteiger partial charge in [-0.25, -0.2) is 0 Å². The van der Waals surface area contributed by atoms with E-state index in [1.165, 1.54) is 44.9 Å². The van der Waals surface area contributed by atoms with Crippen LogP contribution in [-0.4, -0.2) is 75.8 Å². The smallest absolute Gasteiger partial charge is 0.147 e. The number of nitrogens with zero attached hydrogens (tertiary/aromatic N) is 2. The van der Waals surface area contributed by atoms with Crippen molar-refractivity contribution in [3.8, 4) is 0 Å². The van der Waals surface area contributed by atoms with Crippen molar-refractivity contribution in [2.45, 2.75) is 120 Å². The van der Waals surface area contributed by atoms with E-state index in [9.17, 15) is 10.2 Å². The number of hydrogen-bond donors (Lipinski definition) is 2. The maximum Gasteiger partial charge on any atom is 0.147 e. The van der Waals surface area contributed by atoms with Crippen molar-refractivity contribution in [3.05, 3.63) is 36.5 Å². The van der Waals surface area contributed by atoms with E-state index in [1.807, 2.05) is 12.2 Å². The van der Waals surface area contributed by atoms with Gasteiger partial charge in [0.05, 0.1) is 19.1 Å². The molecule has 0 aromatic rings. The molecule has 5 nitrogen and oxygen atoms in total. The zero-order valence-corrected chi connectivity index (χ0v) is 22.9. The molecule has 1 aliphatic carbocycles. The summed E-state index contributed by atoms with van der Waals surface area (Å²) in [5.41, 5.74) is -0.822. The van der Waals surface area contributed by atoms with Gasteiger partial charge in [-0.1, -0.05) is 81.4 Å². The Morgan fingerprint density at radius 2 is 1.65 bits per heavy atom. The Labute approximate surface area is 224 Å². The van der Waals surface area contributed by atoms with Crippen LogP contribution in [0.2, 0.25) is 0 Å². The van der Waals surface area contributed by atoms with Crippen LogP contribution in [0.5, 0.6) is 0 Å². The van der Waals surface area contributed by atoms with Crippen molar-refractivity contribution >= 4 is 0 Å². The minimum Gasteiger partial charge on any atom is -0.806 e. The van der Waals surface area contributed by atoms with Crippen molar-refractivity contribution < 1.29 is 19.8 Å². The highest BCUT2D eigenvalue weighted by atomic mass is 16.3. The van der Waals surface area contributed by atoms with E-state index in [0.29, 0.717) is 16.3 Å². The molecule has 7 rings (SSSR count). The first kappa shape index (κ1) is 26.3. The van der Waals surface area contributed by atoms with Gasteiger partial charge in [-0.3, -0.25) is 4.90 Å². The van der Waals surface area contributed by atoms with Gasteiger partial charge in [0.1, 0.15) is 17.7 Å². The number of allylic oxidation sites excluding steroid dienone is 5.